The van der Waals surface area contributed by atoms with Gasteiger partial charge in [-0.2, -0.15) is 5.26 Å². The molecular formula is C19H19N3O. The Bertz CT molecular complexity index is 696. The highest BCUT2D eigenvalue weighted by Gasteiger charge is 2.23. The SMILES string of the molecule is N#Cc1ccc(C(=O)N2CCC(Nc3ccccc3)CC2)cc1. The Balaban J connectivity index is 1.56. The zero-order valence-corrected chi connectivity index (χ0v) is 12.9. The fourth-order valence-electron chi connectivity index (χ4n) is 2.87. The number of likely N-dealkylation sites (tertiary alicyclic amines) is 1. The summed E-state index contributed by atoms with van der Waals surface area (Å²) in [5, 5.41) is 12.3. The highest BCUT2D eigenvalue weighted by molar-refractivity contribution is 5.94. The van der Waals surface area contributed by atoms with Crippen molar-refractivity contribution in [1.29, 1.82) is 5.26 Å². The van der Waals surface area contributed by atoms with E-state index in [1.807, 2.05) is 23.1 Å². The summed E-state index contributed by atoms with van der Waals surface area (Å²) in [6, 6.07) is 19.5. The average molecular weight is 305 g/mol. The van der Waals surface area contributed by atoms with Gasteiger partial charge in [-0.1, -0.05) is 18.2 Å². The van der Waals surface area contributed by atoms with Crippen molar-refractivity contribution in [3.63, 3.8) is 0 Å². The Morgan fingerprint density at radius 2 is 1.70 bits per heavy atom. The molecule has 0 radical (unpaired) electrons. The van der Waals surface area contributed by atoms with Gasteiger partial charge in [-0.3, -0.25) is 4.79 Å². The molecule has 0 aliphatic carbocycles. The summed E-state index contributed by atoms with van der Waals surface area (Å²) >= 11 is 0. The number of carbonyl (C=O) groups is 1. The van der Waals surface area contributed by atoms with Gasteiger partial charge in [0, 0.05) is 30.4 Å². The van der Waals surface area contributed by atoms with E-state index in [0.29, 0.717) is 17.2 Å². The van der Waals surface area contributed by atoms with E-state index in [0.717, 1.165) is 31.6 Å². The van der Waals surface area contributed by atoms with Crippen LogP contribution in [-0.2, 0) is 0 Å². The molecule has 0 spiro atoms. The molecule has 1 heterocycles. The molecule has 23 heavy (non-hydrogen) atoms. The number of amides is 1. The molecule has 1 saturated heterocycles. The zero-order chi connectivity index (χ0) is 16.1. The summed E-state index contributed by atoms with van der Waals surface area (Å²) in [6.45, 7) is 1.51. The van der Waals surface area contributed by atoms with Gasteiger partial charge in [-0.05, 0) is 49.2 Å². The molecule has 0 unspecified atom stereocenters. The normalized spacial score (nSPS) is 15.0. The number of rotatable bonds is 3. The number of benzene rings is 2. The van der Waals surface area contributed by atoms with E-state index in [-0.39, 0.29) is 5.91 Å². The molecule has 0 atom stereocenters. The van der Waals surface area contributed by atoms with Crippen LogP contribution >= 0.6 is 0 Å². The predicted molar refractivity (Wildman–Crippen MR) is 90.1 cm³/mol. The largest absolute Gasteiger partial charge is 0.382 e. The van der Waals surface area contributed by atoms with Crippen molar-refractivity contribution in [3.8, 4) is 6.07 Å². The maximum atomic E-state index is 12.5. The van der Waals surface area contributed by atoms with E-state index in [1.165, 1.54) is 0 Å². The Morgan fingerprint density at radius 1 is 1.04 bits per heavy atom. The number of carbonyl (C=O) groups excluding carboxylic acids is 1. The third-order valence-corrected chi connectivity index (χ3v) is 4.19. The third-order valence-electron chi connectivity index (χ3n) is 4.19. The first-order valence-corrected chi connectivity index (χ1v) is 7.87. The van der Waals surface area contributed by atoms with Crippen LogP contribution in [0.4, 0.5) is 5.69 Å². The van der Waals surface area contributed by atoms with Gasteiger partial charge in [0.1, 0.15) is 0 Å². The van der Waals surface area contributed by atoms with Gasteiger partial charge in [0.2, 0.25) is 0 Å². The molecule has 1 fully saturated rings. The van der Waals surface area contributed by atoms with Crippen molar-refractivity contribution in [3.05, 3.63) is 65.7 Å². The van der Waals surface area contributed by atoms with Gasteiger partial charge in [-0.15, -0.1) is 0 Å². The first kappa shape index (κ1) is 15.1. The first-order valence-electron chi connectivity index (χ1n) is 7.87. The van der Waals surface area contributed by atoms with Crippen molar-refractivity contribution < 1.29 is 4.79 Å². The van der Waals surface area contributed by atoms with Gasteiger partial charge >= 0.3 is 0 Å². The maximum absolute atomic E-state index is 12.5. The predicted octanol–water partition coefficient (Wildman–Crippen LogP) is 3.27. The summed E-state index contributed by atoms with van der Waals surface area (Å²) in [5.74, 6) is 0.0488. The number of nitriles is 1. The average Bonchev–Trinajstić information content (AvgIpc) is 2.63. The summed E-state index contributed by atoms with van der Waals surface area (Å²) in [7, 11) is 0. The van der Waals surface area contributed by atoms with Gasteiger partial charge in [0.05, 0.1) is 11.6 Å². The quantitative estimate of drug-likeness (QED) is 0.947. The number of piperidine rings is 1. The van der Waals surface area contributed by atoms with Crippen molar-refractivity contribution in [2.75, 3.05) is 18.4 Å². The van der Waals surface area contributed by atoms with E-state index in [4.69, 9.17) is 5.26 Å². The lowest BCUT2D eigenvalue weighted by Crippen LogP contribution is -2.42. The van der Waals surface area contributed by atoms with Gasteiger partial charge in [-0.25, -0.2) is 0 Å². The van der Waals surface area contributed by atoms with E-state index < -0.39 is 0 Å². The number of para-hydroxylation sites is 1. The molecule has 116 valence electrons. The minimum Gasteiger partial charge on any atom is -0.382 e. The van der Waals surface area contributed by atoms with E-state index in [9.17, 15) is 4.79 Å². The number of nitrogens with one attached hydrogen (secondary N) is 1. The second kappa shape index (κ2) is 6.97. The second-order valence-electron chi connectivity index (χ2n) is 5.77. The van der Waals surface area contributed by atoms with Gasteiger partial charge < -0.3 is 10.2 Å². The molecule has 2 aromatic rings. The van der Waals surface area contributed by atoms with E-state index >= 15 is 0 Å². The first-order chi connectivity index (χ1) is 11.3. The Kier molecular flexibility index (Phi) is 4.58. The maximum Gasteiger partial charge on any atom is 0.253 e. The lowest BCUT2D eigenvalue weighted by molar-refractivity contribution is 0.0718. The standard InChI is InChI=1S/C19H19N3O/c20-14-15-6-8-16(9-7-15)19(23)22-12-10-18(11-13-22)21-17-4-2-1-3-5-17/h1-9,18,21H,10-13H2. The molecule has 1 aliphatic rings. The number of anilines is 1. The Hall–Kier alpha value is -2.80. The minimum absolute atomic E-state index is 0.0488. The summed E-state index contributed by atoms with van der Waals surface area (Å²) in [6.07, 6.45) is 1.88. The van der Waals surface area contributed by atoms with Crippen LogP contribution in [-0.4, -0.2) is 29.9 Å². The smallest absolute Gasteiger partial charge is 0.253 e. The highest BCUT2D eigenvalue weighted by Crippen LogP contribution is 2.18. The fraction of sp³-hybridized carbons (Fsp3) is 0.263. The lowest BCUT2D eigenvalue weighted by Gasteiger charge is -2.33. The fourth-order valence-corrected chi connectivity index (χ4v) is 2.87. The summed E-state index contributed by atoms with van der Waals surface area (Å²) < 4.78 is 0. The number of hydrogen-bond acceptors (Lipinski definition) is 3. The van der Waals surface area contributed by atoms with Crippen LogP contribution in [0.2, 0.25) is 0 Å². The molecule has 0 aromatic heterocycles. The molecule has 4 nitrogen and oxygen atoms in total. The molecule has 2 aromatic carbocycles. The topological polar surface area (TPSA) is 56.1 Å². The van der Waals surface area contributed by atoms with Crippen LogP contribution in [0.15, 0.2) is 54.6 Å². The number of hydrogen-bond donors (Lipinski definition) is 1. The Labute approximate surface area is 136 Å². The van der Waals surface area contributed by atoms with E-state index in [1.54, 1.807) is 24.3 Å². The molecular weight excluding hydrogens is 286 g/mol. The molecule has 0 saturated carbocycles. The van der Waals surface area contributed by atoms with Crippen LogP contribution < -0.4 is 5.32 Å². The van der Waals surface area contributed by atoms with Gasteiger partial charge in [0.15, 0.2) is 0 Å². The van der Waals surface area contributed by atoms with Gasteiger partial charge in [0.25, 0.3) is 5.91 Å². The van der Waals surface area contributed by atoms with Crippen LogP contribution in [0, 0.1) is 11.3 Å². The molecule has 0 bridgehead atoms. The molecule has 3 rings (SSSR count). The van der Waals surface area contributed by atoms with Crippen LogP contribution in [0.25, 0.3) is 0 Å². The van der Waals surface area contributed by atoms with Crippen LogP contribution in [0.1, 0.15) is 28.8 Å². The zero-order valence-electron chi connectivity index (χ0n) is 12.9. The monoisotopic (exact) mass is 305 g/mol. The summed E-state index contributed by atoms with van der Waals surface area (Å²) in [5.41, 5.74) is 2.36. The van der Waals surface area contributed by atoms with Crippen molar-refractivity contribution in [2.24, 2.45) is 0 Å². The van der Waals surface area contributed by atoms with Crippen LogP contribution in [0.3, 0.4) is 0 Å². The molecule has 1 aliphatic heterocycles. The minimum atomic E-state index is 0.0488. The van der Waals surface area contributed by atoms with E-state index in [2.05, 4.69) is 23.5 Å². The summed E-state index contributed by atoms with van der Waals surface area (Å²) in [4.78, 5) is 14.4. The molecule has 1 amide bonds. The highest BCUT2D eigenvalue weighted by atomic mass is 16.2. The lowest BCUT2D eigenvalue weighted by atomic mass is 10.0. The Morgan fingerprint density at radius 3 is 2.30 bits per heavy atom. The second-order valence-corrected chi connectivity index (χ2v) is 5.77. The molecule has 4 heteroatoms. The van der Waals surface area contributed by atoms with Crippen molar-refractivity contribution in [1.82, 2.24) is 4.90 Å². The van der Waals surface area contributed by atoms with Crippen molar-refractivity contribution in [2.45, 2.75) is 18.9 Å². The molecule has 1 N–H and O–H groups in total. The van der Waals surface area contributed by atoms with Crippen molar-refractivity contribution >= 4 is 11.6 Å². The third kappa shape index (κ3) is 3.70. The number of nitrogens with zero attached hydrogens (tertiary/aromatic N) is 2. The van der Waals surface area contributed by atoms with Crippen LogP contribution in [0.5, 0.6) is 0 Å².